The van der Waals surface area contributed by atoms with E-state index in [0.717, 1.165) is 5.56 Å². The first-order chi connectivity index (χ1) is 9.93. The number of carbonyl (C=O) groups is 1. The number of phenolic OH excluding ortho intramolecular Hbond substituents is 1. The molecule has 1 aromatic heterocycles. The lowest BCUT2D eigenvalue weighted by Gasteiger charge is -2.18. The molecule has 2 aromatic rings. The van der Waals surface area contributed by atoms with Crippen molar-refractivity contribution in [1.29, 1.82) is 0 Å². The maximum absolute atomic E-state index is 12.4. The van der Waals surface area contributed by atoms with Gasteiger partial charge >= 0.3 is 0 Å². The molecule has 1 heterocycles. The lowest BCUT2D eigenvalue weighted by Crippen LogP contribution is -2.28. The molecule has 2 rings (SSSR count). The number of anilines is 1. The number of benzene rings is 1. The van der Waals surface area contributed by atoms with Gasteiger partial charge in [-0.15, -0.1) is 0 Å². The molecule has 7 nitrogen and oxygen atoms in total. The van der Waals surface area contributed by atoms with Gasteiger partial charge in [0.25, 0.3) is 5.91 Å². The maximum Gasteiger partial charge on any atom is 0.274 e. The maximum atomic E-state index is 12.4. The highest BCUT2D eigenvalue weighted by Gasteiger charge is 2.19. The Labute approximate surface area is 122 Å². The summed E-state index contributed by atoms with van der Waals surface area (Å²) in [6.45, 7) is 0.361. The molecule has 0 atom stereocenters. The van der Waals surface area contributed by atoms with Crippen molar-refractivity contribution in [3.63, 3.8) is 0 Å². The summed E-state index contributed by atoms with van der Waals surface area (Å²) >= 11 is 0. The number of rotatable bonds is 4. The quantitative estimate of drug-likeness (QED) is 0.875. The minimum Gasteiger partial charge on any atom is -0.504 e. The topological polar surface area (TPSA) is 93.6 Å². The number of ether oxygens (including phenoxy) is 1. The van der Waals surface area contributed by atoms with Gasteiger partial charge in [-0.1, -0.05) is 6.07 Å². The third-order valence-corrected chi connectivity index (χ3v) is 3.18. The number of nitrogens with zero attached hydrogens (tertiary/aromatic N) is 3. The Bertz CT molecular complexity index is 647. The zero-order valence-electron chi connectivity index (χ0n) is 12.2. The monoisotopic (exact) mass is 290 g/mol. The number of hydrogen-bond acceptors (Lipinski definition) is 5. The number of aryl methyl sites for hydroxylation is 1. The van der Waals surface area contributed by atoms with Crippen LogP contribution in [0.3, 0.4) is 0 Å². The van der Waals surface area contributed by atoms with E-state index in [9.17, 15) is 9.90 Å². The van der Waals surface area contributed by atoms with Crippen molar-refractivity contribution in [2.24, 2.45) is 7.05 Å². The Morgan fingerprint density at radius 3 is 2.81 bits per heavy atom. The van der Waals surface area contributed by atoms with E-state index in [-0.39, 0.29) is 11.7 Å². The van der Waals surface area contributed by atoms with E-state index in [2.05, 4.69) is 5.10 Å². The fourth-order valence-electron chi connectivity index (χ4n) is 2.06. The van der Waals surface area contributed by atoms with Crippen molar-refractivity contribution < 1.29 is 14.6 Å². The van der Waals surface area contributed by atoms with Gasteiger partial charge in [-0.3, -0.25) is 9.48 Å². The number of hydrogen-bond donors (Lipinski definition) is 2. The van der Waals surface area contributed by atoms with Gasteiger partial charge in [0.2, 0.25) is 0 Å². The molecule has 7 heteroatoms. The molecular formula is C14H18N4O3. The van der Waals surface area contributed by atoms with Gasteiger partial charge in [0.15, 0.2) is 11.5 Å². The predicted molar refractivity (Wildman–Crippen MR) is 78.1 cm³/mol. The van der Waals surface area contributed by atoms with Crippen LogP contribution in [0.15, 0.2) is 24.4 Å². The lowest BCUT2D eigenvalue weighted by atomic mass is 10.2. The largest absolute Gasteiger partial charge is 0.504 e. The number of carbonyl (C=O) groups excluding carboxylic acids is 1. The van der Waals surface area contributed by atoms with Crippen LogP contribution in [0.4, 0.5) is 5.69 Å². The van der Waals surface area contributed by atoms with Crippen LogP contribution in [0.25, 0.3) is 0 Å². The molecule has 21 heavy (non-hydrogen) atoms. The third-order valence-electron chi connectivity index (χ3n) is 3.18. The first kappa shape index (κ1) is 14.7. The Morgan fingerprint density at radius 1 is 1.52 bits per heavy atom. The molecule has 1 amide bonds. The van der Waals surface area contributed by atoms with E-state index >= 15 is 0 Å². The molecule has 0 fully saturated rings. The highest BCUT2D eigenvalue weighted by molar-refractivity contribution is 5.97. The minimum absolute atomic E-state index is 0.0612. The number of aromatic hydroxyl groups is 1. The van der Waals surface area contributed by atoms with Crippen molar-refractivity contribution in [1.82, 2.24) is 14.7 Å². The molecule has 1 aromatic carbocycles. The standard InChI is InChI=1S/C14H18N4O3/c1-17(14(20)13-10(15)7-16-18(13)2)8-9-4-5-11(19)12(6-9)21-3/h4-7,19H,8,15H2,1-3H3. The van der Waals surface area contributed by atoms with Gasteiger partial charge in [-0.2, -0.15) is 5.10 Å². The number of aromatic nitrogens is 2. The minimum atomic E-state index is -0.223. The molecule has 0 bridgehead atoms. The molecule has 0 spiro atoms. The highest BCUT2D eigenvalue weighted by Crippen LogP contribution is 2.27. The molecule has 0 aliphatic carbocycles. The number of phenols is 1. The van der Waals surface area contributed by atoms with E-state index in [1.165, 1.54) is 29.0 Å². The van der Waals surface area contributed by atoms with Crippen molar-refractivity contribution >= 4 is 11.6 Å². The lowest BCUT2D eigenvalue weighted by molar-refractivity contribution is 0.0775. The second-order valence-electron chi connectivity index (χ2n) is 4.74. The number of amides is 1. The van der Waals surface area contributed by atoms with Crippen LogP contribution in [-0.2, 0) is 13.6 Å². The summed E-state index contributed by atoms with van der Waals surface area (Å²) < 4.78 is 6.50. The van der Waals surface area contributed by atoms with Crippen LogP contribution in [0.1, 0.15) is 16.1 Å². The molecule has 0 saturated heterocycles. The molecule has 0 aliphatic rings. The smallest absolute Gasteiger partial charge is 0.274 e. The zero-order chi connectivity index (χ0) is 15.6. The van der Waals surface area contributed by atoms with Gasteiger partial charge in [0.1, 0.15) is 5.69 Å². The summed E-state index contributed by atoms with van der Waals surface area (Å²) in [6.07, 6.45) is 1.45. The van der Waals surface area contributed by atoms with E-state index in [0.29, 0.717) is 23.7 Å². The average molecular weight is 290 g/mol. The van der Waals surface area contributed by atoms with Gasteiger partial charge in [0.05, 0.1) is 19.0 Å². The van der Waals surface area contributed by atoms with Gasteiger partial charge in [0, 0.05) is 20.6 Å². The molecule has 0 saturated carbocycles. The highest BCUT2D eigenvalue weighted by atomic mass is 16.5. The Balaban J connectivity index is 2.18. The third kappa shape index (κ3) is 2.91. The van der Waals surface area contributed by atoms with Gasteiger partial charge in [-0.25, -0.2) is 0 Å². The predicted octanol–water partition coefficient (Wildman–Crippen LogP) is 0.989. The number of nitrogens with two attached hydrogens (primary N) is 1. The second-order valence-corrected chi connectivity index (χ2v) is 4.74. The van der Waals surface area contributed by atoms with Crippen molar-refractivity contribution in [2.75, 3.05) is 19.9 Å². The molecule has 0 unspecified atom stereocenters. The van der Waals surface area contributed by atoms with Crippen LogP contribution in [0.2, 0.25) is 0 Å². The Morgan fingerprint density at radius 2 is 2.24 bits per heavy atom. The fraction of sp³-hybridized carbons (Fsp3) is 0.286. The van der Waals surface area contributed by atoms with Gasteiger partial charge in [-0.05, 0) is 17.7 Å². The van der Waals surface area contributed by atoms with Crippen LogP contribution < -0.4 is 10.5 Å². The molecule has 112 valence electrons. The summed E-state index contributed by atoms with van der Waals surface area (Å²) in [7, 11) is 4.82. The van der Waals surface area contributed by atoms with E-state index in [4.69, 9.17) is 10.5 Å². The van der Waals surface area contributed by atoms with Crippen molar-refractivity contribution in [2.45, 2.75) is 6.54 Å². The number of nitrogen functional groups attached to an aromatic ring is 1. The van der Waals surface area contributed by atoms with Gasteiger partial charge < -0.3 is 20.5 Å². The first-order valence-corrected chi connectivity index (χ1v) is 6.33. The Hall–Kier alpha value is -2.70. The summed E-state index contributed by atoms with van der Waals surface area (Å²) in [6, 6.07) is 4.95. The molecular weight excluding hydrogens is 272 g/mol. The number of methoxy groups -OCH3 is 1. The van der Waals surface area contributed by atoms with Crippen LogP contribution in [0, 0.1) is 0 Å². The van der Waals surface area contributed by atoms with E-state index < -0.39 is 0 Å². The van der Waals surface area contributed by atoms with Crippen LogP contribution in [-0.4, -0.2) is 39.9 Å². The zero-order valence-corrected chi connectivity index (χ0v) is 12.2. The van der Waals surface area contributed by atoms with Crippen LogP contribution in [0.5, 0.6) is 11.5 Å². The SMILES string of the molecule is COc1cc(CN(C)C(=O)c2c(N)cnn2C)ccc1O. The first-order valence-electron chi connectivity index (χ1n) is 6.33. The van der Waals surface area contributed by atoms with E-state index in [1.54, 1.807) is 26.2 Å². The summed E-state index contributed by atoms with van der Waals surface area (Å²) in [4.78, 5) is 13.9. The fourth-order valence-corrected chi connectivity index (χ4v) is 2.06. The van der Waals surface area contributed by atoms with Crippen LogP contribution >= 0.6 is 0 Å². The molecule has 3 N–H and O–H groups in total. The summed E-state index contributed by atoms with van der Waals surface area (Å²) in [5.74, 6) is 0.207. The summed E-state index contributed by atoms with van der Waals surface area (Å²) in [5.41, 5.74) is 7.28. The summed E-state index contributed by atoms with van der Waals surface area (Å²) in [5, 5.41) is 13.5. The second kappa shape index (κ2) is 5.74. The Kier molecular flexibility index (Phi) is 4.02. The van der Waals surface area contributed by atoms with E-state index in [1.807, 2.05) is 0 Å². The molecule has 0 aliphatic heterocycles. The average Bonchev–Trinajstić information content (AvgIpc) is 2.79. The van der Waals surface area contributed by atoms with Crippen molar-refractivity contribution in [3.05, 3.63) is 35.7 Å². The van der Waals surface area contributed by atoms with Crippen molar-refractivity contribution in [3.8, 4) is 11.5 Å². The molecule has 0 radical (unpaired) electrons. The normalized spacial score (nSPS) is 10.4.